The molecular formula is C13H18BrN3OS. The quantitative estimate of drug-likeness (QED) is 0.724. The maximum absolute atomic E-state index is 5.18. The predicted octanol–water partition coefficient (Wildman–Crippen LogP) is 3.10. The number of alkyl halides is 1. The summed E-state index contributed by atoms with van der Waals surface area (Å²) in [5.74, 6) is 1.01. The van der Waals surface area contributed by atoms with E-state index in [4.69, 9.17) is 4.74 Å². The maximum Gasteiger partial charge on any atom is 0.140 e. The van der Waals surface area contributed by atoms with Gasteiger partial charge in [-0.15, -0.1) is 11.3 Å². The van der Waals surface area contributed by atoms with E-state index in [0.717, 1.165) is 40.9 Å². The van der Waals surface area contributed by atoms with E-state index in [1.807, 2.05) is 0 Å². The molecule has 0 spiro atoms. The molecule has 6 heteroatoms. The van der Waals surface area contributed by atoms with Crippen LogP contribution in [-0.2, 0) is 11.2 Å². The van der Waals surface area contributed by atoms with E-state index < -0.39 is 0 Å². The SMILES string of the molecule is CCc1cc2c(N(CCBr)CCOC)ncnc2s1. The van der Waals surface area contributed by atoms with Crippen LogP contribution in [0.15, 0.2) is 12.4 Å². The number of thiophene rings is 1. The number of fused-ring (bicyclic) bond motifs is 1. The molecule has 0 bridgehead atoms. The molecule has 0 N–H and O–H groups in total. The summed E-state index contributed by atoms with van der Waals surface area (Å²) in [5.41, 5.74) is 0. The summed E-state index contributed by atoms with van der Waals surface area (Å²) in [6.07, 6.45) is 2.69. The first kappa shape index (κ1) is 14.7. The number of hydrogen-bond donors (Lipinski definition) is 0. The van der Waals surface area contributed by atoms with Crippen LogP contribution in [0.3, 0.4) is 0 Å². The van der Waals surface area contributed by atoms with E-state index in [2.05, 4.69) is 43.8 Å². The Morgan fingerprint density at radius 3 is 2.89 bits per heavy atom. The van der Waals surface area contributed by atoms with E-state index >= 15 is 0 Å². The predicted molar refractivity (Wildman–Crippen MR) is 84.7 cm³/mol. The van der Waals surface area contributed by atoms with E-state index in [1.165, 1.54) is 4.88 Å². The average molecular weight is 344 g/mol. The van der Waals surface area contributed by atoms with Gasteiger partial charge in [0.05, 0.1) is 12.0 Å². The van der Waals surface area contributed by atoms with Crippen molar-refractivity contribution in [1.29, 1.82) is 0 Å². The van der Waals surface area contributed by atoms with Crippen molar-refractivity contribution in [3.63, 3.8) is 0 Å². The van der Waals surface area contributed by atoms with Gasteiger partial charge in [0.15, 0.2) is 0 Å². The summed E-state index contributed by atoms with van der Waals surface area (Å²) in [7, 11) is 1.72. The van der Waals surface area contributed by atoms with Crippen molar-refractivity contribution in [2.24, 2.45) is 0 Å². The van der Waals surface area contributed by atoms with E-state index in [1.54, 1.807) is 24.8 Å². The second kappa shape index (κ2) is 7.17. The highest BCUT2D eigenvalue weighted by molar-refractivity contribution is 9.09. The number of methoxy groups -OCH3 is 1. The second-order valence-corrected chi connectivity index (χ2v) is 6.06. The second-order valence-electron chi connectivity index (χ2n) is 4.15. The van der Waals surface area contributed by atoms with Crippen LogP contribution in [-0.4, -0.2) is 42.1 Å². The molecule has 0 atom stereocenters. The van der Waals surface area contributed by atoms with Crippen molar-refractivity contribution < 1.29 is 4.74 Å². The van der Waals surface area contributed by atoms with Gasteiger partial charge in [-0.25, -0.2) is 9.97 Å². The zero-order chi connectivity index (χ0) is 13.7. The Morgan fingerprint density at radius 2 is 2.21 bits per heavy atom. The van der Waals surface area contributed by atoms with Crippen LogP contribution in [0.1, 0.15) is 11.8 Å². The molecule has 0 amide bonds. The summed E-state index contributed by atoms with van der Waals surface area (Å²) in [6.45, 7) is 4.61. The number of aryl methyl sites for hydroxylation is 1. The summed E-state index contributed by atoms with van der Waals surface area (Å²) < 4.78 is 5.18. The van der Waals surface area contributed by atoms with Gasteiger partial charge in [-0.1, -0.05) is 22.9 Å². The first-order valence-electron chi connectivity index (χ1n) is 6.33. The Labute approximate surface area is 125 Å². The van der Waals surface area contributed by atoms with E-state index in [9.17, 15) is 0 Å². The van der Waals surface area contributed by atoms with Gasteiger partial charge in [-0.3, -0.25) is 0 Å². The molecule has 0 aliphatic carbocycles. The fourth-order valence-electron chi connectivity index (χ4n) is 1.95. The third-order valence-corrected chi connectivity index (χ3v) is 4.47. The summed E-state index contributed by atoms with van der Waals surface area (Å²) in [5, 5.41) is 2.06. The molecule has 0 aromatic carbocycles. The minimum atomic E-state index is 0.698. The summed E-state index contributed by atoms with van der Waals surface area (Å²) in [6, 6.07) is 2.21. The monoisotopic (exact) mass is 343 g/mol. The van der Waals surface area contributed by atoms with Crippen LogP contribution in [0, 0.1) is 0 Å². The molecule has 0 aliphatic rings. The smallest absolute Gasteiger partial charge is 0.140 e. The van der Waals surface area contributed by atoms with Crippen molar-refractivity contribution in [1.82, 2.24) is 9.97 Å². The van der Waals surface area contributed by atoms with Crippen LogP contribution >= 0.6 is 27.3 Å². The number of hydrogen-bond acceptors (Lipinski definition) is 5. The fourth-order valence-corrected chi connectivity index (χ4v) is 3.30. The average Bonchev–Trinajstić information content (AvgIpc) is 2.86. The summed E-state index contributed by atoms with van der Waals surface area (Å²) >= 11 is 5.25. The molecule has 0 saturated carbocycles. The van der Waals surface area contributed by atoms with Crippen molar-refractivity contribution in [3.8, 4) is 0 Å². The van der Waals surface area contributed by atoms with Gasteiger partial charge < -0.3 is 9.64 Å². The Bertz CT molecular complexity index is 532. The number of aromatic nitrogens is 2. The highest BCUT2D eigenvalue weighted by atomic mass is 79.9. The lowest BCUT2D eigenvalue weighted by Gasteiger charge is -2.22. The molecule has 0 unspecified atom stereocenters. The lowest BCUT2D eigenvalue weighted by molar-refractivity contribution is 0.205. The first-order chi connectivity index (χ1) is 9.30. The third kappa shape index (κ3) is 3.43. The highest BCUT2D eigenvalue weighted by Crippen LogP contribution is 2.30. The molecule has 2 aromatic heterocycles. The van der Waals surface area contributed by atoms with E-state index in [0.29, 0.717) is 6.61 Å². The van der Waals surface area contributed by atoms with Gasteiger partial charge in [-0.05, 0) is 12.5 Å². The molecule has 0 saturated heterocycles. The molecule has 2 rings (SSSR count). The van der Waals surface area contributed by atoms with Crippen LogP contribution in [0.2, 0.25) is 0 Å². The van der Waals surface area contributed by atoms with Crippen molar-refractivity contribution in [2.45, 2.75) is 13.3 Å². The lowest BCUT2D eigenvalue weighted by Crippen LogP contribution is -2.30. The highest BCUT2D eigenvalue weighted by Gasteiger charge is 2.14. The van der Waals surface area contributed by atoms with Crippen LogP contribution in [0.5, 0.6) is 0 Å². The number of halogens is 1. The number of anilines is 1. The van der Waals surface area contributed by atoms with Gasteiger partial charge in [-0.2, -0.15) is 0 Å². The molecule has 2 aromatic rings. The number of nitrogens with zero attached hydrogens (tertiary/aromatic N) is 3. The Hall–Kier alpha value is -0.720. The van der Waals surface area contributed by atoms with Gasteiger partial charge in [0, 0.05) is 30.4 Å². The Kier molecular flexibility index (Phi) is 5.54. The number of ether oxygens (including phenoxy) is 1. The Balaban J connectivity index is 2.37. The largest absolute Gasteiger partial charge is 0.383 e. The molecule has 104 valence electrons. The lowest BCUT2D eigenvalue weighted by atomic mass is 10.3. The van der Waals surface area contributed by atoms with Gasteiger partial charge >= 0.3 is 0 Å². The molecular weight excluding hydrogens is 326 g/mol. The molecule has 0 aliphatic heterocycles. The molecule has 4 nitrogen and oxygen atoms in total. The van der Waals surface area contributed by atoms with Crippen molar-refractivity contribution in [3.05, 3.63) is 17.3 Å². The minimum absolute atomic E-state index is 0.698. The topological polar surface area (TPSA) is 38.2 Å². The van der Waals surface area contributed by atoms with Crippen LogP contribution < -0.4 is 4.90 Å². The zero-order valence-corrected chi connectivity index (χ0v) is 13.6. The molecule has 0 fully saturated rings. The zero-order valence-electron chi connectivity index (χ0n) is 11.2. The molecule has 2 heterocycles. The molecule has 19 heavy (non-hydrogen) atoms. The first-order valence-corrected chi connectivity index (χ1v) is 8.27. The van der Waals surface area contributed by atoms with Gasteiger partial charge in [0.1, 0.15) is 17.0 Å². The summed E-state index contributed by atoms with van der Waals surface area (Å²) in [4.78, 5) is 13.5. The number of rotatable bonds is 7. The standard InChI is InChI=1S/C13H18BrN3OS/c1-3-10-8-11-12(15-9-16-13(11)19-10)17(5-4-14)6-7-18-2/h8-9H,3-7H2,1-2H3. The minimum Gasteiger partial charge on any atom is -0.383 e. The Morgan fingerprint density at radius 1 is 1.37 bits per heavy atom. The molecule has 0 radical (unpaired) electrons. The third-order valence-electron chi connectivity index (χ3n) is 2.93. The van der Waals surface area contributed by atoms with Crippen LogP contribution in [0.4, 0.5) is 5.82 Å². The normalized spacial score (nSPS) is 11.1. The van der Waals surface area contributed by atoms with Gasteiger partial charge in [0.2, 0.25) is 0 Å². The van der Waals surface area contributed by atoms with E-state index in [-0.39, 0.29) is 0 Å². The van der Waals surface area contributed by atoms with Gasteiger partial charge in [0.25, 0.3) is 0 Å². The van der Waals surface area contributed by atoms with Crippen molar-refractivity contribution in [2.75, 3.05) is 37.0 Å². The maximum atomic E-state index is 5.18. The fraction of sp³-hybridized carbons (Fsp3) is 0.538. The van der Waals surface area contributed by atoms with Crippen LogP contribution in [0.25, 0.3) is 10.2 Å². The van der Waals surface area contributed by atoms with Crippen molar-refractivity contribution >= 4 is 43.3 Å².